The number of aromatic nitrogens is 1. The van der Waals surface area contributed by atoms with E-state index >= 15 is 0 Å². The second-order valence-corrected chi connectivity index (χ2v) is 6.71. The Morgan fingerprint density at radius 2 is 2.06 bits per heavy atom. The van der Waals surface area contributed by atoms with Gasteiger partial charge in [-0.2, -0.15) is 11.8 Å². The van der Waals surface area contributed by atoms with Crippen molar-refractivity contribution in [3.05, 3.63) is 29.8 Å². The average molecular weight is 253 g/mol. The Bertz CT molecular complexity index is 414. The lowest BCUT2D eigenvalue weighted by atomic mass is 9.80. The Balaban J connectivity index is 1.93. The Hall–Kier alpha value is -0.610. The highest BCUT2D eigenvalue weighted by Gasteiger charge is 2.43. The van der Waals surface area contributed by atoms with Crippen LogP contribution in [-0.2, 0) is 5.60 Å². The fourth-order valence-electron chi connectivity index (χ4n) is 3.09. The van der Waals surface area contributed by atoms with E-state index in [1.807, 2.05) is 11.8 Å². The first-order valence-electron chi connectivity index (χ1n) is 6.15. The van der Waals surface area contributed by atoms with Crippen molar-refractivity contribution < 1.29 is 9.50 Å². The van der Waals surface area contributed by atoms with Crippen LogP contribution in [0.3, 0.4) is 0 Å². The zero-order valence-electron chi connectivity index (χ0n) is 9.60. The van der Waals surface area contributed by atoms with E-state index in [1.54, 1.807) is 12.3 Å². The average Bonchev–Trinajstić information content (AvgIpc) is 2.28. The molecule has 0 aromatic carbocycles. The molecule has 3 rings (SSSR count). The zero-order valence-corrected chi connectivity index (χ0v) is 10.4. The molecule has 4 heteroatoms. The summed E-state index contributed by atoms with van der Waals surface area (Å²) < 4.78 is 13.8. The van der Waals surface area contributed by atoms with Crippen LogP contribution in [0.1, 0.15) is 37.7 Å². The summed E-state index contributed by atoms with van der Waals surface area (Å²) >= 11 is 1.98. The molecule has 0 aliphatic carbocycles. The van der Waals surface area contributed by atoms with Gasteiger partial charge in [0.05, 0.1) is 11.8 Å². The van der Waals surface area contributed by atoms with Crippen LogP contribution >= 0.6 is 11.8 Å². The molecule has 2 nitrogen and oxygen atoms in total. The second-order valence-electron chi connectivity index (χ2n) is 5.11. The van der Waals surface area contributed by atoms with Crippen molar-refractivity contribution >= 4 is 11.8 Å². The van der Waals surface area contributed by atoms with Crippen LogP contribution < -0.4 is 0 Å². The van der Waals surface area contributed by atoms with E-state index in [-0.39, 0.29) is 5.82 Å². The Labute approximate surface area is 105 Å². The van der Waals surface area contributed by atoms with Crippen LogP contribution in [-0.4, -0.2) is 20.6 Å². The molecule has 1 aromatic heterocycles. The minimum atomic E-state index is -0.978. The molecule has 2 fully saturated rings. The van der Waals surface area contributed by atoms with Gasteiger partial charge in [-0.3, -0.25) is 4.98 Å². The third-order valence-electron chi connectivity index (χ3n) is 3.84. The van der Waals surface area contributed by atoms with Crippen molar-refractivity contribution in [2.24, 2.45) is 0 Å². The molecule has 1 aromatic rings. The Morgan fingerprint density at radius 3 is 2.71 bits per heavy atom. The summed E-state index contributed by atoms with van der Waals surface area (Å²) in [5, 5.41) is 11.7. The highest BCUT2D eigenvalue weighted by Crippen LogP contribution is 2.49. The van der Waals surface area contributed by atoms with Gasteiger partial charge >= 0.3 is 0 Å². The first kappa shape index (κ1) is 11.5. The van der Waals surface area contributed by atoms with E-state index in [0.29, 0.717) is 28.9 Å². The van der Waals surface area contributed by atoms with E-state index in [2.05, 4.69) is 4.98 Å². The predicted octanol–water partition coefficient (Wildman–Crippen LogP) is 2.86. The second kappa shape index (κ2) is 4.25. The topological polar surface area (TPSA) is 33.1 Å². The largest absolute Gasteiger partial charge is 0.385 e. The molecule has 0 saturated carbocycles. The maximum absolute atomic E-state index is 13.8. The Kier molecular flexibility index (Phi) is 2.87. The summed E-state index contributed by atoms with van der Waals surface area (Å²) in [7, 11) is 0. The van der Waals surface area contributed by atoms with E-state index in [4.69, 9.17) is 0 Å². The lowest BCUT2D eigenvalue weighted by Gasteiger charge is -2.44. The number of aliphatic hydroxyl groups is 1. The molecule has 17 heavy (non-hydrogen) atoms. The van der Waals surface area contributed by atoms with Gasteiger partial charge in [-0.25, -0.2) is 4.39 Å². The van der Waals surface area contributed by atoms with E-state index in [9.17, 15) is 9.50 Å². The van der Waals surface area contributed by atoms with Gasteiger partial charge in [0.2, 0.25) is 0 Å². The third kappa shape index (κ3) is 2.08. The summed E-state index contributed by atoms with van der Waals surface area (Å²) in [6.45, 7) is 0. The first-order chi connectivity index (χ1) is 8.17. The monoisotopic (exact) mass is 253 g/mol. The van der Waals surface area contributed by atoms with E-state index in [0.717, 1.165) is 12.8 Å². The van der Waals surface area contributed by atoms with Gasteiger partial charge in [-0.1, -0.05) is 6.42 Å². The van der Waals surface area contributed by atoms with Gasteiger partial charge in [0.15, 0.2) is 0 Å². The quantitative estimate of drug-likeness (QED) is 0.835. The maximum Gasteiger partial charge on any atom is 0.147 e. The lowest BCUT2D eigenvalue weighted by Crippen LogP contribution is -2.41. The van der Waals surface area contributed by atoms with Crippen LogP contribution in [0.2, 0.25) is 0 Å². The number of hydrogen-bond donors (Lipinski definition) is 1. The molecule has 92 valence electrons. The van der Waals surface area contributed by atoms with Crippen molar-refractivity contribution in [1.82, 2.24) is 4.98 Å². The summed E-state index contributed by atoms with van der Waals surface area (Å²) in [5.41, 5.74) is -0.543. The normalized spacial score (nSPS) is 36.8. The molecular formula is C13H16FNOS. The minimum Gasteiger partial charge on any atom is -0.385 e. The highest BCUT2D eigenvalue weighted by atomic mass is 32.2. The maximum atomic E-state index is 13.8. The summed E-state index contributed by atoms with van der Waals surface area (Å²) in [5.74, 6) is -0.375. The van der Waals surface area contributed by atoms with E-state index in [1.165, 1.54) is 12.6 Å². The van der Waals surface area contributed by atoms with Crippen molar-refractivity contribution in [3.8, 4) is 0 Å². The van der Waals surface area contributed by atoms with Gasteiger partial charge in [0.1, 0.15) is 5.82 Å². The van der Waals surface area contributed by atoms with Crippen molar-refractivity contribution in [3.63, 3.8) is 0 Å². The number of fused-ring (bicyclic) bond motifs is 2. The van der Waals surface area contributed by atoms with Crippen LogP contribution in [0.4, 0.5) is 4.39 Å². The molecule has 1 N–H and O–H groups in total. The fraction of sp³-hybridized carbons (Fsp3) is 0.615. The Morgan fingerprint density at radius 1 is 1.35 bits per heavy atom. The molecule has 0 radical (unpaired) electrons. The van der Waals surface area contributed by atoms with Gasteiger partial charge in [-0.15, -0.1) is 0 Å². The molecule has 2 aliphatic heterocycles. The molecular weight excluding hydrogens is 237 g/mol. The van der Waals surface area contributed by atoms with Crippen molar-refractivity contribution in [1.29, 1.82) is 0 Å². The summed E-state index contributed by atoms with van der Waals surface area (Å²) in [6, 6.07) is 1.63. The highest BCUT2D eigenvalue weighted by molar-refractivity contribution is 8.00. The number of halogens is 1. The predicted molar refractivity (Wildman–Crippen MR) is 66.3 cm³/mol. The number of hydrogen-bond acceptors (Lipinski definition) is 3. The zero-order chi connectivity index (χ0) is 11.9. The molecule has 0 spiro atoms. The first-order valence-corrected chi connectivity index (χ1v) is 7.09. The minimum absolute atomic E-state index is 0.375. The standard InChI is InChI=1S/C13H16FNOS/c14-12-8-15-5-4-11(12)13(16)6-9-2-1-3-10(7-13)17-9/h4-5,8-10,16H,1-3,6-7H2. The van der Waals surface area contributed by atoms with Crippen molar-refractivity contribution in [2.45, 2.75) is 48.2 Å². The molecule has 2 bridgehead atoms. The molecule has 0 amide bonds. The van der Waals surface area contributed by atoms with E-state index < -0.39 is 5.60 Å². The molecule has 3 heterocycles. The number of rotatable bonds is 1. The fourth-order valence-corrected chi connectivity index (χ4v) is 4.98. The van der Waals surface area contributed by atoms with Gasteiger partial charge < -0.3 is 5.11 Å². The van der Waals surface area contributed by atoms with Crippen LogP contribution in [0.15, 0.2) is 18.5 Å². The van der Waals surface area contributed by atoms with Crippen LogP contribution in [0, 0.1) is 5.82 Å². The third-order valence-corrected chi connectivity index (χ3v) is 5.42. The van der Waals surface area contributed by atoms with Crippen molar-refractivity contribution in [2.75, 3.05) is 0 Å². The van der Waals surface area contributed by atoms with Crippen LogP contribution in [0.5, 0.6) is 0 Å². The number of pyridine rings is 1. The smallest absolute Gasteiger partial charge is 0.147 e. The van der Waals surface area contributed by atoms with Gasteiger partial charge in [0.25, 0.3) is 0 Å². The number of thioether (sulfide) groups is 1. The number of nitrogens with zero attached hydrogens (tertiary/aromatic N) is 1. The molecule has 2 saturated heterocycles. The van der Waals surface area contributed by atoms with Crippen LogP contribution in [0.25, 0.3) is 0 Å². The lowest BCUT2D eigenvalue weighted by molar-refractivity contribution is 0.00481. The molecule has 2 aliphatic rings. The molecule has 2 atom stereocenters. The summed E-state index contributed by atoms with van der Waals surface area (Å²) in [6.07, 6.45) is 7.66. The van der Waals surface area contributed by atoms with Gasteiger partial charge in [-0.05, 0) is 31.7 Å². The summed E-state index contributed by atoms with van der Waals surface area (Å²) in [4.78, 5) is 3.75. The molecule has 2 unspecified atom stereocenters. The van der Waals surface area contributed by atoms with Gasteiger partial charge in [0, 0.05) is 22.3 Å². The SMILES string of the molecule is OC1(c2ccncc2F)CC2CCCC(C1)S2.